The molecule has 0 amide bonds. The quantitative estimate of drug-likeness (QED) is 0.497. The van der Waals surface area contributed by atoms with Crippen molar-refractivity contribution >= 4 is 16.8 Å². The van der Waals surface area contributed by atoms with E-state index in [1.54, 1.807) is 30.2 Å². The number of fused-ring (bicyclic) bond motifs is 1. The zero-order valence-electron chi connectivity index (χ0n) is 14.8. The summed E-state index contributed by atoms with van der Waals surface area (Å²) in [5, 5.41) is 4.56. The first-order valence-electron chi connectivity index (χ1n) is 8.60. The molecule has 0 aliphatic carbocycles. The van der Waals surface area contributed by atoms with Crippen LogP contribution in [-0.2, 0) is 7.05 Å². The van der Waals surface area contributed by atoms with Crippen molar-refractivity contribution in [3.8, 4) is 11.3 Å². The van der Waals surface area contributed by atoms with E-state index in [0.717, 1.165) is 24.8 Å². The maximum Gasteiger partial charge on any atom is 0.193 e. The Morgan fingerprint density at radius 3 is 2.72 bits per heavy atom. The number of aryl methyl sites for hydroxylation is 2. The van der Waals surface area contributed by atoms with Gasteiger partial charge in [0, 0.05) is 25.7 Å². The molecule has 0 atom stereocenters. The van der Waals surface area contributed by atoms with E-state index in [0.29, 0.717) is 34.3 Å². The number of ketones is 1. The first kappa shape index (κ1) is 17.1. The van der Waals surface area contributed by atoms with Crippen LogP contribution in [0.4, 0.5) is 0 Å². The van der Waals surface area contributed by atoms with Crippen LogP contribution in [0.2, 0.25) is 0 Å². The summed E-state index contributed by atoms with van der Waals surface area (Å²) >= 11 is 0. The highest BCUT2D eigenvalue weighted by atomic mass is 16.3. The van der Waals surface area contributed by atoms with Crippen LogP contribution in [0.15, 0.2) is 39.8 Å². The van der Waals surface area contributed by atoms with Gasteiger partial charge in [0.15, 0.2) is 11.2 Å². The summed E-state index contributed by atoms with van der Waals surface area (Å²) in [7, 11) is 1.80. The van der Waals surface area contributed by atoms with E-state index < -0.39 is 0 Å². The van der Waals surface area contributed by atoms with E-state index in [9.17, 15) is 9.59 Å². The molecule has 130 valence electrons. The Labute approximate surface area is 146 Å². The van der Waals surface area contributed by atoms with Gasteiger partial charge in [-0.3, -0.25) is 14.3 Å². The van der Waals surface area contributed by atoms with Crippen molar-refractivity contribution in [2.45, 2.75) is 39.5 Å². The van der Waals surface area contributed by atoms with Crippen molar-refractivity contribution in [1.82, 2.24) is 9.78 Å². The minimum absolute atomic E-state index is 0.0219. The van der Waals surface area contributed by atoms with E-state index in [4.69, 9.17) is 4.42 Å². The van der Waals surface area contributed by atoms with Gasteiger partial charge in [-0.25, -0.2) is 0 Å². The monoisotopic (exact) mass is 338 g/mol. The summed E-state index contributed by atoms with van der Waals surface area (Å²) in [6, 6.07) is 5.05. The molecule has 25 heavy (non-hydrogen) atoms. The van der Waals surface area contributed by atoms with Crippen LogP contribution < -0.4 is 5.43 Å². The number of unbranched alkanes of at least 4 members (excludes halogenated alkanes) is 2. The van der Waals surface area contributed by atoms with Crippen LogP contribution in [0, 0.1) is 6.92 Å². The third-order valence-electron chi connectivity index (χ3n) is 4.27. The number of benzene rings is 1. The number of rotatable bonds is 6. The first-order chi connectivity index (χ1) is 12.0. The standard InChI is InChI=1S/C20H22N2O3/c1-4-5-6-7-17(23)15-8-13(2)9-16-18(24)10-19(25-20(15)16)14-11-21-22(3)12-14/h8-12H,4-7H2,1-3H3. The Kier molecular flexibility index (Phi) is 4.83. The molecule has 2 heterocycles. The fourth-order valence-corrected chi connectivity index (χ4v) is 2.97. The second-order valence-electron chi connectivity index (χ2n) is 6.45. The lowest BCUT2D eigenvalue weighted by Crippen LogP contribution is -2.06. The van der Waals surface area contributed by atoms with Crippen molar-refractivity contribution in [2.24, 2.45) is 7.05 Å². The Hall–Kier alpha value is -2.69. The van der Waals surface area contributed by atoms with Gasteiger partial charge >= 0.3 is 0 Å². The van der Waals surface area contributed by atoms with Crippen molar-refractivity contribution in [3.63, 3.8) is 0 Å². The highest BCUT2D eigenvalue weighted by molar-refractivity contribution is 6.06. The van der Waals surface area contributed by atoms with E-state index in [1.165, 1.54) is 6.07 Å². The molecule has 0 aliphatic rings. The maximum absolute atomic E-state index is 12.7. The molecular weight excluding hydrogens is 316 g/mol. The molecule has 2 aromatic heterocycles. The third kappa shape index (κ3) is 3.55. The SMILES string of the molecule is CCCCCC(=O)c1cc(C)cc2c(=O)cc(-c3cnn(C)c3)oc12. The second kappa shape index (κ2) is 7.05. The van der Waals surface area contributed by atoms with Crippen LogP contribution >= 0.6 is 0 Å². The molecule has 0 N–H and O–H groups in total. The topological polar surface area (TPSA) is 65.1 Å². The molecule has 0 fully saturated rings. The molecule has 0 saturated heterocycles. The van der Waals surface area contributed by atoms with Gasteiger partial charge < -0.3 is 4.42 Å². The lowest BCUT2D eigenvalue weighted by Gasteiger charge is -2.08. The molecule has 1 aromatic carbocycles. The predicted molar refractivity (Wildman–Crippen MR) is 97.9 cm³/mol. The van der Waals surface area contributed by atoms with Crippen LogP contribution in [0.1, 0.15) is 48.5 Å². The van der Waals surface area contributed by atoms with Crippen molar-refractivity contribution < 1.29 is 9.21 Å². The molecule has 0 radical (unpaired) electrons. The number of Topliss-reactive ketones (excluding diaryl/α,β-unsaturated/α-hetero) is 1. The maximum atomic E-state index is 12.7. The van der Waals surface area contributed by atoms with Gasteiger partial charge in [0.25, 0.3) is 0 Å². The van der Waals surface area contributed by atoms with Crippen LogP contribution in [0.5, 0.6) is 0 Å². The van der Waals surface area contributed by atoms with Gasteiger partial charge in [-0.05, 0) is 31.0 Å². The normalized spacial score (nSPS) is 11.2. The molecular formula is C20H22N2O3. The van der Waals surface area contributed by atoms with Gasteiger partial charge in [-0.1, -0.05) is 19.8 Å². The van der Waals surface area contributed by atoms with Crippen molar-refractivity contribution in [1.29, 1.82) is 0 Å². The Morgan fingerprint density at radius 2 is 2.04 bits per heavy atom. The molecule has 0 unspecified atom stereocenters. The highest BCUT2D eigenvalue weighted by Gasteiger charge is 2.17. The predicted octanol–water partition coefficient (Wildman–Crippen LogP) is 4.26. The van der Waals surface area contributed by atoms with Crippen molar-refractivity contribution in [3.05, 3.63) is 51.9 Å². The van der Waals surface area contributed by atoms with Crippen LogP contribution in [0.3, 0.4) is 0 Å². The van der Waals surface area contributed by atoms with Crippen LogP contribution in [-0.4, -0.2) is 15.6 Å². The summed E-state index contributed by atoms with van der Waals surface area (Å²) in [5.74, 6) is 0.450. The Bertz CT molecular complexity index is 982. The number of aromatic nitrogens is 2. The van der Waals surface area contributed by atoms with E-state index in [-0.39, 0.29) is 11.2 Å². The lowest BCUT2D eigenvalue weighted by atomic mass is 9.99. The minimum Gasteiger partial charge on any atom is -0.455 e. The van der Waals surface area contributed by atoms with E-state index >= 15 is 0 Å². The zero-order chi connectivity index (χ0) is 18.0. The van der Waals surface area contributed by atoms with E-state index in [1.807, 2.05) is 13.0 Å². The number of carbonyl (C=O) groups excluding carboxylic acids is 1. The van der Waals surface area contributed by atoms with Gasteiger partial charge in [0.1, 0.15) is 11.3 Å². The molecule has 0 saturated carbocycles. The third-order valence-corrected chi connectivity index (χ3v) is 4.27. The Balaban J connectivity index is 2.14. The number of hydrogen-bond donors (Lipinski definition) is 0. The first-order valence-corrected chi connectivity index (χ1v) is 8.60. The molecule has 3 rings (SSSR count). The molecule has 0 bridgehead atoms. The molecule has 5 nitrogen and oxygen atoms in total. The van der Waals surface area contributed by atoms with Crippen molar-refractivity contribution in [2.75, 3.05) is 0 Å². The summed E-state index contributed by atoms with van der Waals surface area (Å²) in [5.41, 5.74) is 2.32. The summed E-state index contributed by atoms with van der Waals surface area (Å²) < 4.78 is 7.63. The smallest absolute Gasteiger partial charge is 0.193 e. The summed E-state index contributed by atoms with van der Waals surface area (Å²) in [4.78, 5) is 25.2. The van der Waals surface area contributed by atoms with Gasteiger partial charge in [-0.2, -0.15) is 5.10 Å². The number of hydrogen-bond acceptors (Lipinski definition) is 4. The van der Waals surface area contributed by atoms with Gasteiger partial charge in [-0.15, -0.1) is 0 Å². The molecule has 0 aliphatic heterocycles. The average molecular weight is 338 g/mol. The molecule has 5 heteroatoms. The second-order valence-corrected chi connectivity index (χ2v) is 6.45. The number of carbonyl (C=O) groups is 1. The molecule has 0 spiro atoms. The number of nitrogens with zero attached hydrogens (tertiary/aromatic N) is 2. The molecule has 3 aromatic rings. The summed E-state index contributed by atoms with van der Waals surface area (Å²) in [6.07, 6.45) is 6.80. The zero-order valence-corrected chi connectivity index (χ0v) is 14.8. The fraction of sp³-hybridized carbons (Fsp3) is 0.350. The minimum atomic E-state index is -0.147. The fourth-order valence-electron chi connectivity index (χ4n) is 2.97. The van der Waals surface area contributed by atoms with Crippen LogP contribution in [0.25, 0.3) is 22.3 Å². The average Bonchev–Trinajstić information content (AvgIpc) is 3.01. The largest absolute Gasteiger partial charge is 0.455 e. The Morgan fingerprint density at radius 1 is 1.24 bits per heavy atom. The lowest BCUT2D eigenvalue weighted by molar-refractivity contribution is 0.0980. The van der Waals surface area contributed by atoms with Gasteiger partial charge in [0.05, 0.1) is 22.7 Å². The summed E-state index contributed by atoms with van der Waals surface area (Å²) in [6.45, 7) is 3.99. The highest BCUT2D eigenvalue weighted by Crippen LogP contribution is 2.26. The van der Waals surface area contributed by atoms with Gasteiger partial charge in [0.2, 0.25) is 0 Å². The van der Waals surface area contributed by atoms with E-state index in [2.05, 4.69) is 12.0 Å².